The molecule has 1 aromatic carbocycles. The first-order valence-corrected chi connectivity index (χ1v) is 8.90. The Balaban J connectivity index is 2.11. The van der Waals surface area contributed by atoms with E-state index < -0.39 is 0 Å². The van der Waals surface area contributed by atoms with Crippen LogP contribution in [0.25, 0.3) is 0 Å². The average molecular weight is 319 g/mol. The first-order valence-electron chi connectivity index (χ1n) is 7.75. The normalized spacial score (nSPS) is 10.5. The first-order chi connectivity index (χ1) is 10.7. The van der Waals surface area contributed by atoms with Crippen LogP contribution in [0.2, 0.25) is 0 Å². The van der Waals surface area contributed by atoms with Crippen molar-refractivity contribution in [3.05, 3.63) is 35.4 Å². The molecule has 0 spiro atoms. The van der Waals surface area contributed by atoms with Crippen molar-refractivity contribution in [2.75, 3.05) is 31.9 Å². The van der Waals surface area contributed by atoms with Gasteiger partial charge in [0.05, 0.1) is 17.4 Å². The van der Waals surface area contributed by atoms with Crippen LogP contribution in [0.5, 0.6) is 0 Å². The molecule has 0 atom stereocenters. The highest BCUT2D eigenvalue weighted by Crippen LogP contribution is 2.12. The molecule has 0 aliphatic carbocycles. The lowest BCUT2D eigenvalue weighted by molar-refractivity contribution is -0.118. The Morgan fingerprint density at radius 3 is 2.55 bits per heavy atom. The van der Waals surface area contributed by atoms with Gasteiger partial charge in [0.15, 0.2) is 0 Å². The molecule has 0 saturated carbocycles. The summed E-state index contributed by atoms with van der Waals surface area (Å²) in [6.07, 6.45) is 0.994. The van der Waals surface area contributed by atoms with Gasteiger partial charge in [-0.1, -0.05) is 26.0 Å². The lowest BCUT2D eigenvalue weighted by atomic mass is 10.2. The molecule has 5 heteroatoms. The summed E-state index contributed by atoms with van der Waals surface area (Å²) >= 11 is 1.60. The van der Waals surface area contributed by atoms with E-state index in [2.05, 4.69) is 30.1 Å². The van der Waals surface area contributed by atoms with Gasteiger partial charge in [0, 0.05) is 12.3 Å². The Bertz CT molecular complexity index is 478. The van der Waals surface area contributed by atoms with Crippen LogP contribution in [0.4, 0.5) is 0 Å². The molecule has 1 amide bonds. The second kappa shape index (κ2) is 11.1. The van der Waals surface area contributed by atoms with Gasteiger partial charge in [-0.3, -0.25) is 4.79 Å². The van der Waals surface area contributed by atoms with E-state index in [4.69, 9.17) is 5.26 Å². The molecule has 0 aliphatic rings. The third-order valence-electron chi connectivity index (χ3n) is 3.45. The highest BCUT2D eigenvalue weighted by atomic mass is 32.2. The number of carbonyl (C=O) groups excluding carboxylic acids is 1. The molecule has 0 radical (unpaired) electrons. The highest BCUT2D eigenvalue weighted by Gasteiger charge is 2.03. The molecule has 1 aromatic rings. The lowest BCUT2D eigenvalue weighted by Crippen LogP contribution is -2.30. The van der Waals surface area contributed by atoms with Crippen LogP contribution in [0.1, 0.15) is 31.4 Å². The topological polar surface area (TPSA) is 56.1 Å². The van der Waals surface area contributed by atoms with Gasteiger partial charge in [0.1, 0.15) is 0 Å². The quantitative estimate of drug-likeness (QED) is 0.674. The third-order valence-corrected chi connectivity index (χ3v) is 4.46. The number of carbonyl (C=O) groups is 1. The van der Waals surface area contributed by atoms with Crippen molar-refractivity contribution in [1.29, 1.82) is 5.26 Å². The number of nitrogens with one attached hydrogen (secondary N) is 1. The monoisotopic (exact) mass is 319 g/mol. The van der Waals surface area contributed by atoms with Gasteiger partial charge < -0.3 is 10.2 Å². The smallest absolute Gasteiger partial charge is 0.230 e. The Labute approximate surface area is 137 Å². The number of nitrogens with zero attached hydrogens (tertiary/aromatic N) is 2. The summed E-state index contributed by atoms with van der Waals surface area (Å²) in [6.45, 7) is 8.21. The summed E-state index contributed by atoms with van der Waals surface area (Å²) in [4.78, 5) is 14.1. The first kappa shape index (κ1) is 18.5. The number of hydrogen-bond donors (Lipinski definition) is 1. The molecular weight excluding hydrogens is 294 g/mol. The Morgan fingerprint density at radius 2 is 1.95 bits per heavy atom. The second-order valence-corrected chi connectivity index (χ2v) is 6.02. The van der Waals surface area contributed by atoms with Crippen LogP contribution in [0, 0.1) is 11.3 Å². The van der Waals surface area contributed by atoms with Gasteiger partial charge in [-0.15, -0.1) is 11.8 Å². The fourth-order valence-electron chi connectivity index (χ4n) is 2.06. The molecule has 0 heterocycles. The van der Waals surface area contributed by atoms with Crippen LogP contribution in [0.15, 0.2) is 24.3 Å². The number of rotatable bonds is 10. The van der Waals surface area contributed by atoms with Gasteiger partial charge in [-0.05, 0) is 43.8 Å². The molecule has 0 aliphatic heterocycles. The van der Waals surface area contributed by atoms with Gasteiger partial charge in [-0.25, -0.2) is 0 Å². The number of thioether (sulfide) groups is 1. The molecular formula is C17H25N3OS. The number of hydrogen-bond acceptors (Lipinski definition) is 4. The van der Waals surface area contributed by atoms with Crippen molar-refractivity contribution in [2.24, 2.45) is 0 Å². The molecule has 1 N–H and O–H groups in total. The zero-order chi connectivity index (χ0) is 16.2. The SMILES string of the molecule is CCN(CC)CCCNC(=O)CSCc1ccc(C#N)cc1. The van der Waals surface area contributed by atoms with Crippen LogP contribution >= 0.6 is 11.8 Å². The minimum Gasteiger partial charge on any atom is -0.355 e. The number of benzene rings is 1. The highest BCUT2D eigenvalue weighted by molar-refractivity contribution is 7.99. The van der Waals surface area contributed by atoms with Gasteiger partial charge in [0.2, 0.25) is 5.91 Å². The molecule has 0 fully saturated rings. The minimum atomic E-state index is 0.0955. The van der Waals surface area contributed by atoms with E-state index in [0.717, 1.165) is 43.9 Å². The maximum absolute atomic E-state index is 11.7. The number of nitriles is 1. The molecule has 0 saturated heterocycles. The largest absolute Gasteiger partial charge is 0.355 e. The summed E-state index contributed by atoms with van der Waals surface area (Å²) in [5.74, 6) is 1.36. The Kier molecular flexibility index (Phi) is 9.36. The van der Waals surface area contributed by atoms with Crippen molar-refractivity contribution in [2.45, 2.75) is 26.0 Å². The predicted octanol–water partition coefficient (Wildman–Crippen LogP) is 2.64. The fourth-order valence-corrected chi connectivity index (χ4v) is 2.88. The van der Waals surface area contributed by atoms with E-state index in [1.165, 1.54) is 0 Å². The average Bonchev–Trinajstić information content (AvgIpc) is 2.55. The van der Waals surface area contributed by atoms with Crippen LogP contribution in [-0.2, 0) is 10.5 Å². The molecule has 0 unspecified atom stereocenters. The second-order valence-electron chi connectivity index (χ2n) is 5.03. The minimum absolute atomic E-state index is 0.0955. The number of amides is 1. The van der Waals surface area contributed by atoms with E-state index >= 15 is 0 Å². The van der Waals surface area contributed by atoms with Crippen LogP contribution in [-0.4, -0.2) is 42.7 Å². The van der Waals surface area contributed by atoms with Crippen molar-refractivity contribution in [1.82, 2.24) is 10.2 Å². The summed E-state index contributed by atoms with van der Waals surface area (Å²) in [6, 6.07) is 9.59. The third kappa shape index (κ3) is 7.48. The zero-order valence-corrected chi connectivity index (χ0v) is 14.3. The molecule has 4 nitrogen and oxygen atoms in total. The molecule has 1 rings (SSSR count). The van der Waals surface area contributed by atoms with Crippen LogP contribution < -0.4 is 5.32 Å². The van der Waals surface area contributed by atoms with Crippen molar-refractivity contribution in [3.63, 3.8) is 0 Å². The van der Waals surface area contributed by atoms with E-state index in [9.17, 15) is 4.79 Å². The van der Waals surface area contributed by atoms with E-state index in [1.54, 1.807) is 11.8 Å². The fraction of sp³-hybridized carbons (Fsp3) is 0.529. The Hall–Kier alpha value is -1.51. The molecule has 0 bridgehead atoms. The van der Waals surface area contributed by atoms with E-state index in [1.807, 2.05) is 24.3 Å². The zero-order valence-electron chi connectivity index (χ0n) is 13.5. The van der Waals surface area contributed by atoms with Crippen molar-refractivity contribution >= 4 is 17.7 Å². The predicted molar refractivity (Wildman–Crippen MR) is 92.7 cm³/mol. The molecule has 0 aromatic heterocycles. The lowest BCUT2D eigenvalue weighted by Gasteiger charge is -2.17. The standard InChI is InChI=1S/C17H25N3OS/c1-3-20(4-2)11-5-10-19-17(21)14-22-13-16-8-6-15(12-18)7-9-16/h6-9H,3-5,10-11,13-14H2,1-2H3,(H,19,21). The van der Waals surface area contributed by atoms with Crippen molar-refractivity contribution in [3.8, 4) is 6.07 Å². The van der Waals surface area contributed by atoms with Gasteiger partial charge >= 0.3 is 0 Å². The van der Waals surface area contributed by atoms with E-state index in [-0.39, 0.29) is 5.91 Å². The maximum Gasteiger partial charge on any atom is 0.230 e. The maximum atomic E-state index is 11.7. The summed E-state index contributed by atoms with van der Waals surface area (Å²) < 4.78 is 0. The van der Waals surface area contributed by atoms with Crippen molar-refractivity contribution < 1.29 is 4.79 Å². The molecule has 120 valence electrons. The van der Waals surface area contributed by atoms with E-state index in [0.29, 0.717) is 11.3 Å². The summed E-state index contributed by atoms with van der Waals surface area (Å²) in [5, 5.41) is 11.7. The Morgan fingerprint density at radius 1 is 1.27 bits per heavy atom. The van der Waals surface area contributed by atoms with Crippen LogP contribution in [0.3, 0.4) is 0 Å². The summed E-state index contributed by atoms with van der Waals surface area (Å²) in [7, 11) is 0. The summed E-state index contributed by atoms with van der Waals surface area (Å²) in [5.41, 5.74) is 1.80. The van der Waals surface area contributed by atoms with Gasteiger partial charge in [-0.2, -0.15) is 5.26 Å². The van der Waals surface area contributed by atoms with Gasteiger partial charge in [0.25, 0.3) is 0 Å². The molecule has 22 heavy (non-hydrogen) atoms.